The fourth-order valence-electron chi connectivity index (χ4n) is 2.21. The molecule has 3 atom stereocenters. The van der Waals surface area contributed by atoms with E-state index in [1.54, 1.807) is 19.1 Å². The highest BCUT2D eigenvalue weighted by Crippen LogP contribution is 2.16. The van der Waals surface area contributed by atoms with Gasteiger partial charge in [-0.2, -0.15) is 0 Å². The molecule has 0 bridgehead atoms. The molecular weight excluding hydrogens is 282 g/mol. The highest BCUT2D eigenvalue weighted by Gasteiger charge is 2.23. The zero-order valence-electron chi connectivity index (χ0n) is 12.6. The number of esters is 1. The highest BCUT2D eigenvalue weighted by atomic mass is 16.5. The molecule has 5 heteroatoms. The number of benzene rings is 1. The first-order valence-electron chi connectivity index (χ1n) is 7.43. The monoisotopic (exact) mass is 303 g/mol. The van der Waals surface area contributed by atoms with Crippen LogP contribution in [-0.2, 0) is 14.3 Å². The molecule has 2 rings (SSSR count). The van der Waals surface area contributed by atoms with E-state index in [4.69, 9.17) is 4.74 Å². The van der Waals surface area contributed by atoms with Crippen molar-refractivity contribution in [2.24, 2.45) is 5.92 Å². The van der Waals surface area contributed by atoms with E-state index >= 15 is 0 Å². The fraction of sp³-hybridized carbons (Fsp3) is 0.412. The Balaban J connectivity index is 2.19. The maximum atomic E-state index is 12.0. The summed E-state index contributed by atoms with van der Waals surface area (Å²) in [5.41, 5.74) is 0.830. The van der Waals surface area contributed by atoms with Gasteiger partial charge in [0.25, 0.3) is 0 Å². The number of aliphatic hydroxyl groups is 1. The van der Waals surface area contributed by atoms with Crippen molar-refractivity contribution in [1.29, 1.82) is 0 Å². The first kappa shape index (κ1) is 16.2. The van der Waals surface area contributed by atoms with Gasteiger partial charge in [-0.25, -0.2) is 0 Å². The molecule has 0 radical (unpaired) electrons. The van der Waals surface area contributed by atoms with Crippen molar-refractivity contribution in [2.75, 3.05) is 6.61 Å². The molecule has 22 heavy (non-hydrogen) atoms. The molecule has 1 aromatic rings. The third kappa shape index (κ3) is 4.43. The highest BCUT2D eigenvalue weighted by molar-refractivity contribution is 5.81. The molecule has 0 fully saturated rings. The Morgan fingerprint density at radius 3 is 2.55 bits per heavy atom. The maximum Gasteiger partial charge on any atom is 0.309 e. The largest absolute Gasteiger partial charge is 0.463 e. The standard InChI is InChI=1S/C17H21NO4/c1-12-7-5-6-10-15(19)16(20)18-14(11-22-17(12)21)13-8-3-2-4-9-13/h2-6,8-9,12,14-15,19H,7,10-11H2,1H3,(H,18,20)/b6-5+/t12-,14+,15-/m1/s1. The Morgan fingerprint density at radius 2 is 1.82 bits per heavy atom. The molecule has 1 aromatic carbocycles. The van der Waals surface area contributed by atoms with Crippen LogP contribution in [0.25, 0.3) is 0 Å². The Morgan fingerprint density at radius 1 is 1.14 bits per heavy atom. The lowest BCUT2D eigenvalue weighted by atomic mass is 10.0. The minimum absolute atomic E-state index is 0.0510. The number of allylic oxidation sites excluding steroid dienone is 1. The van der Waals surface area contributed by atoms with E-state index in [1.807, 2.05) is 30.3 Å². The first-order chi connectivity index (χ1) is 10.6. The number of cyclic esters (lactones) is 1. The molecule has 5 nitrogen and oxygen atoms in total. The van der Waals surface area contributed by atoms with Crippen LogP contribution >= 0.6 is 0 Å². The normalized spacial score (nSPS) is 28.7. The summed E-state index contributed by atoms with van der Waals surface area (Å²) in [5.74, 6) is -1.01. The van der Waals surface area contributed by atoms with Crippen LogP contribution in [-0.4, -0.2) is 29.7 Å². The van der Waals surface area contributed by atoms with Crippen LogP contribution in [0.1, 0.15) is 31.4 Å². The third-order valence-electron chi connectivity index (χ3n) is 3.63. The van der Waals surface area contributed by atoms with Gasteiger partial charge < -0.3 is 15.2 Å². The van der Waals surface area contributed by atoms with E-state index < -0.39 is 18.1 Å². The Kier molecular flexibility index (Phi) is 5.72. The van der Waals surface area contributed by atoms with Gasteiger partial charge in [0.15, 0.2) is 0 Å². The summed E-state index contributed by atoms with van der Waals surface area (Å²) in [4.78, 5) is 24.0. The number of aliphatic hydroxyl groups excluding tert-OH is 1. The number of ether oxygens (including phenoxy) is 1. The van der Waals surface area contributed by atoms with E-state index in [2.05, 4.69) is 5.32 Å². The second-order valence-electron chi connectivity index (χ2n) is 5.46. The molecule has 1 aliphatic rings. The lowest BCUT2D eigenvalue weighted by molar-refractivity contribution is -0.149. The van der Waals surface area contributed by atoms with Gasteiger partial charge in [-0.05, 0) is 12.0 Å². The molecule has 0 aliphatic carbocycles. The fourth-order valence-corrected chi connectivity index (χ4v) is 2.21. The molecule has 0 spiro atoms. The summed E-state index contributed by atoms with van der Waals surface area (Å²) >= 11 is 0. The Bertz CT molecular complexity index is 541. The molecule has 1 amide bonds. The van der Waals surface area contributed by atoms with Crippen LogP contribution in [0.2, 0.25) is 0 Å². The number of amides is 1. The van der Waals surface area contributed by atoms with Gasteiger partial charge in [0.2, 0.25) is 5.91 Å². The summed E-state index contributed by atoms with van der Waals surface area (Å²) < 4.78 is 5.31. The molecule has 1 aliphatic heterocycles. The van der Waals surface area contributed by atoms with Crippen LogP contribution in [0.3, 0.4) is 0 Å². The van der Waals surface area contributed by atoms with Crippen molar-refractivity contribution in [2.45, 2.75) is 31.9 Å². The smallest absolute Gasteiger partial charge is 0.309 e. The summed E-state index contributed by atoms with van der Waals surface area (Å²) in [6.45, 7) is 1.85. The Labute approximate surface area is 130 Å². The predicted octanol–water partition coefficient (Wildman–Crippen LogP) is 1.73. The van der Waals surface area contributed by atoms with Gasteiger partial charge in [-0.3, -0.25) is 9.59 Å². The number of rotatable bonds is 1. The van der Waals surface area contributed by atoms with E-state index in [1.165, 1.54) is 0 Å². The van der Waals surface area contributed by atoms with E-state index in [0.717, 1.165) is 5.56 Å². The average molecular weight is 303 g/mol. The van der Waals surface area contributed by atoms with Crippen molar-refractivity contribution in [3.8, 4) is 0 Å². The molecule has 0 unspecified atom stereocenters. The zero-order valence-corrected chi connectivity index (χ0v) is 12.6. The summed E-state index contributed by atoms with van der Waals surface area (Å²) in [5, 5.41) is 12.6. The first-order valence-corrected chi connectivity index (χ1v) is 7.43. The van der Waals surface area contributed by atoms with Gasteiger partial charge in [0.1, 0.15) is 12.7 Å². The molecular formula is C17H21NO4. The SMILES string of the molecule is C[C@@H]1C/C=C/C[C@@H](O)C(=O)N[C@H](c2ccccc2)COC1=O. The van der Waals surface area contributed by atoms with E-state index in [9.17, 15) is 14.7 Å². The van der Waals surface area contributed by atoms with Gasteiger partial charge >= 0.3 is 5.97 Å². The second-order valence-corrected chi connectivity index (χ2v) is 5.46. The van der Waals surface area contributed by atoms with Crippen molar-refractivity contribution in [1.82, 2.24) is 5.32 Å². The minimum atomic E-state index is -1.10. The topological polar surface area (TPSA) is 75.6 Å². The number of carbonyl (C=O) groups excluding carboxylic acids is 2. The van der Waals surface area contributed by atoms with Gasteiger partial charge in [-0.1, -0.05) is 49.4 Å². The number of hydrogen-bond acceptors (Lipinski definition) is 4. The second kappa shape index (κ2) is 7.75. The molecule has 0 saturated carbocycles. The molecule has 118 valence electrons. The van der Waals surface area contributed by atoms with E-state index in [-0.39, 0.29) is 24.9 Å². The summed E-state index contributed by atoms with van der Waals surface area (Å²) in [7, 11) is 0. The van der Waals surface area contributed by atoms with Crippen molar-refractivity contribution < 1.29 is 19.4 Å². The lowest BCUT2D eigenvalue weighted by Crippen LogP contribution is -2.39. The molecule has 0 aromatic heterocycles. The zero-order chi connectivity index (χ0) is 15.9. The predicted molar refractivity (Wildman–Crippen MR) is 81.8 cm³/mol. The molecule has 2 N–H and O–H groups in total. The summed E-state index contributed by atoms with van der Waals surface area (Å²) in [6.07, 6.45) is 3.16. The third-order valence-corrected chi connectivity index (χ3v) is 3.63. The van der Waals surface area contributed by atoms with Crippen molar-refractivity contribution in [3.05, 3.63) is 48.0 Å². The van der Waals surface area contributed by atoms with Crippen molar-refractivity contribution in [3.63, 3.8) is 0 Å². The van der Waals surface area contributed by atoms with Gasteiger partial charge in [0, 0.05) is 6.42 Å². The van der Waals surface area contributed by atoms with Gasteiger partial charge in [-0.15, -0.1) is 0 Å². The van der Waals surface area contributed by atoms with Crippen molar-refractivity contribution >= 4 is 11.9 Å². The average Bonchev–Trinajstić information content (AvgIpc) is 2.54. The van der Waals surface area contributed by atoms with Crippen LogP contribution in [0.15, 0.2) is 42.5 Å². The quantitative estimate of drug-likeness (QED) is 0.612. The van der Waals surface area contributed by atoms with Gasteiger partial charge in [0.05, 0.1) is 12.0 Å². The van der Waals surface area contributed by atoms with Crippen LogP contribution < -0.4 is 5.32 Å². The van der Waals surface area contributed by atoms with Crippen LogP contribution in [0, 0.1) is 5.92 Å². The van der Waals surface area contributed by atoms with Crippen LogP contribution in [0.5, 0.6) is 0 Å². The molecule has 0 saturated heterocycles. The number of carbonyl (C=O) groups is 2. The maximum absolute atomic E-state index is 12.0. The lowest BCUT2D eigenvalue weighted by Gasteiger charge is -2.22. The van der Waals surface area contributed by atoms with E-state index in [0.29, 0.717) is 6.42 Å². The molecule has 1 heterocycles. The number of nitrogens with one attached hydrogen (secondary N) is 1. The summed E-state index contributed by atoms with van der Waals surface area (Å²) in [6, 6.07) is 8.79. The Hall–Kier alpha value is -2.14. The van der Waals surface area contributed by atoms with Crippen LogP contribution in [0.4, 0.5) is 0 Å². The number of hydrogen-bond donors (Lipinski definition) is 2. The minimum Gasteiger partial charge on any atom is -0.463 e.